The highest BCUT2D eigenvalue weighted by atomic mass is 16.2. The normalized spacial score (nSPS) is 14.7. The minimum Gasteiger partial charge on any atom is -0.334 e. The molecule has 1 fully saturated rings. The van der Waals surface area contributed by atoms with Crippen LogP contribution in [0.2, 0.25) is 0 Å². The first kappa shape index (κ1) is 17.3. The van der Waals surface area contributed by atoms with Crippen molar-refractivity contribution in [1.29, 1.82) is 0 Å². The minimum absolute atomic E-state index is 0.228. The van der Waals surface area contributed by atoms with Gasteiger partial charge in [0.25, 0.3) is 0 Å². The van der Waals surface area contributed by atoms with Crippen LogP contribution >= 0.6 is 0 Å². The van der Waals surface area contributed by atoms with Crippen molar-refractivity contribution < 1.29 is 4.79 Å². The molecule has 27 heavy (non-hydrogen) atoms. The van der Waals surface area contributed by atoms with E-state index in [1.54, 1.807) is 12.4 Å². The monoisotopic (exact) mass is 364 g/mol. The van der Waals surface area contributed by atoms with E-state index in [1.165, 1.54) is 12.8 Å². The maximum absolute atomic E-state index is 12.4. The largest absolute Gasteiger partial charge is 0.334 e. The summed E-state index contributed by atoms with van der Waals surface area (Å²) in [6, 6.07) is 11.9. The topological polar surface area (TPSA) is 76.8 Å². The Hall–Kier alpha value is -3.09. The predicted molar refractivity (Wildman–Crippen MR) is 103 cm³/mol. The first-order chi connectivity index (χ1) is 13.2. The average molecular weight is 364 g/mol. The van der Waals surface area contributed by atoms with Crippen LogP contribution in [0.1, 0.15) is 36.9 Å². The van der Waals surface area contributed by atoms with Crippen LogP contribution in [-0.4, -0.2) is 25.6 Å². The fourth-order valence-corrected chi connectivity index (χ4v) is 3.30. The van der Waals surface area contributed by atoms with Crippen LogP contribution in [0, 0.1) is 5.92 Å². The molecule has 0 bridgehead atoms. The van der Waals surface area contributed by atoms with E-state index in [0.29, 0.717) is 25.0 Å². The summed E-state index contributed by atoms with van der Waals surface area (Å²) in [7, 11) is 0. The fourth-order valence-electron chi connectivity index (χ4n) is 3.30. The molecule has 0 radical (unpaired) electrons. The molecule has 3 aromatic rings. The van der Waals surface area contributed by atoms with Crippen molar-refractivity contribution in [2.75, 3.05) is 5.32 Å². The van der Waals surface area contributed by atoms with Gasteiger partial charge in [0.05, 0.1) is 18.8 Å². The van der Waals surface area contributed by atoms with Crippen molar-refractivity contribution in [1.82, 2.24) is 24.9 Å². The highest BCUT2D eigenvalue weighted by Crippen LogP contribution is 2.40. The molecule has 4 rings (SSSR count). The predicted octanol–water partition coefficient (Wildman–Crippen LogP) is 3.42. The number of carbonyl (C=O) groups excluding carboxylic acids is 1. The molecule has 1 aromatic carbocycles. The van der Waals surface area contributed by atoms with Crippen molar-refractivity contribution in [3.8, 4) is 0 Å². The Labute approximate surface area is 158 Å². The summed E-state index contributed by atoms with van der Waals surface area (Å²) < 4.78 is 3.78. The van der Waals surface area contributed by atoms with Gasteiger partial charge in [-0.1, -0.05) is 24.3 Å². The second kappa shape index (κ2) is 7.65. The van der Waals surface area contributed by atoms with E-state index in [9.17, 15) is 4.79 Å². The molecular weight excluding hydrogens is 340 g/mol. The first-order valence-corrected chi connectivity index (χ1v) is 9.33. The Morgan fingerprint density at radius 3 is 2.70 bits per heavy atom. The highest BCUT2D eigenvalue weighted by Gasteiger charge is 2.30. The number of anilines is 1. The summed E-state index contributed by atoms with van der Waals surface area (Å²) in [6.45, 7) is 3.28. The van der Waals surface area contributed by atoms with Crippen molar-refractivity contribution in [3.05, 3.63) is 66.1 Å². The summed E-state index contributed by atoms with van der Waals surface area (Å²) in [4.78, 5) is 12.4. The van der Waals surface area contributed by atoms with Crippen molar-refractivity contribution in [2.24, 2.45) is 5.92 Å². The maximum Gasteiger partial charge on any atom is 0.320 e. The summed E-state index contributed by atoms with van der Waals surface area (Å²) in [6.07, 6.45) is 7.90. The van der Waals surface area contributed by atoms with Crippen LogP contribution in [-0.2, 0) is 13.1 Å². The number of hydrogen-bond acceptors (Lipinski definition) is 3. The molecule has 1 atom stereocenters. The standard InChI is InChI=1S/C20H24N6O/c1-15(16-7-8-16)26-19(9-11-23-26)24-20(27)21-13-17-5-2-3-6-18(17)14-25-12-4-10-22-25/h2-6,9-12,15-16H,7-8,13-14H2,1H3,(H2,21,24,27)/t15-/m1/s1. The van der Waals surface area contributed by atoms with Crippen molar-refractivity contribution in [3.63, 3.8) is 0 Å². The number of nitrogens with zero attached hydrogens (tertiary/aromatic N) is 4. The van der Waals surface area contributed by atoms with Gasteiger partial charge in [-0.05, 0) is 42.9 Å². The van der Waals surface area contributed by atoms with Crippen LogP contribution in [0.5, 0.6) is 0 Å². The third-order valence-corrected chi connectivity index (χ3v) is 5.05. The van der Waals surface area contributed by atoms with Gasteiger partial charge in [0, 0.05) is 25.0 Å². The molecule has 0 unspecified atom stereocenters. The molecule has 140 valence electrons. The number of urea groups is 1. The molecule has 1 aliphatic rings. The SMILES string of the molecule is C[C@H](C1CC1)n1nccc1NC(=O)NCc1ccccc1Cn1cccn1. The minimum atomic E-state index is -0.228. The number of amides is 2. The zero-order chi connectivity index (χ0) is 18.6. The Kier molecular flexibility index (Phi) is 4.91. The van der Waals surface area contributed by atoms with Gasteiger partial charge in [0.15, 0.2) is 0 Å². The average Bonchev–Trinajstić information content (AvgIpc) is 3.21. The van der Waals surface area contributed by atoms with Crippen LogP contribution in [0.3, 0.4) is 0 Å². The molecule has 2 N–H and O–H groups in total. The fraction of sp³-hybridized carbons (Fsp3) is 0.350. The molecule has 1 aliphatic carbocycles. The second-order valence-electron chi connectivity index (χ2n) is 7.02. The molecular formula is C20H24N6O. The van der Waals surface area contributed by atoms with Gasteiger partial charge in [-0.3, -0.25) is 10.00 Å². The highest BCUT2D eigenvalue weighted by molar-refractivity contribution is 5.88. The molecule has 0 saturated heterocycles. The molecule has 7 nitrogen and oxygen atoms in total. The van der Waals surface area contributed by atoms with Gasteiger partial charge in [0.1, 0.15) is 5.82 Å². The number of nitrogens with one attached hydrogen (secondary N) is 2. The second-order valence-corrected chi connectivity index (χ2v) is 7.02. The number of hydrogen-bond donors (Lipinski definition) is 2. The summed E-state index contributed by atoms with van der Waals surface area (Å²) >= 11 is 0. The number of benzene rings is 1. The van der Waals surface area contributed by atoms with Gasteiger partial charge >= 0.3 is 6.03 Å². The third-order valence-electron chi connectivity index (χ3n) is 5.05. The zero-order valence-corrected chi connectivity index (χ0v) is 15.4. The van der Waals surface area contributed by atoms with E-state index < -0.39 is 0 Å². The molecule has 7 heteroatoms. The lowest BCUT2D eigenvalue weighted by Crippen LogP contribution is -2.30. The van der Waals surface area contributed by atoms with E-state index in [1.807, 2.05) is 45.9 Å². The number of carbonyl (C=O) groups is 1. The maximum atomic E-state index is 12.4. The lowest BCUT2D eigenvalue weighted by atomic mass is 10.1. The van der Waals surface area contributed by atoms with Crippen LogP contribution < -0.4 is 10.6 Å². The van der Waals surface area contributed by atoms with E-state index in [-0.39, 0.29) is 6.03 Å². The zero-order valence-electron chi connectivity index (χ0n) is 15.4. The summed E-state index contributed by atoms with van der Waals surface area (Å²) in [5.74, 6) is 1.40. The number of rotatable bonds is 7. The quantitative estimate of drug-likeness (QED) is 0.674. The van der Waals surface area contributed by atoms with E-state index in [2.05, 4.69) is 33.8 Å². The molecule has 1 saturated carbocycles. The lowest BCUT2D eigenvalue weighted by Gasteiger charge is -2.16. The Bertz CT molecular complexity index is 897. The van der Waals surface area contributed by atoms with Gasteiger partial charge in [0.2, 0.25) is 0 Å². The smallest absolute Gasteiger partial charge is 0.320 e. The first-order valence-electron chi connectivity index (χ1n) is 9.33. The molecule has 2 aromatic heterocycles. The van der Waals surface area contributed by atoms with E-state index in [0.717, 1.165) is 16.9 Å². The summed E-state index contributed by atoms with van der Waals surface area (Å²) in [5.41, 5.74) is 2.21. The lowest BCUT2D eigenvalue weighted by molar-refractivity contribution is 0.251. The van der Waals surface area contributed by atoms with Gasteiger partial charge in [-0.15, -0.1) is 0 Å². The summed E-state index contributed by atoms with van der Waals surface area (Å²) in [5, 5.41) is 14.5. The van der Waals surface area contributed by atoms with Gasteiger partial charge in [-0.25, -0.2) is 9.48 Å². The van der Waals surface area contributed by atoms with Gasteiger partial charge < -0.3 is 5.32 Å². The Balaban J connectivity index is 1.37. The molecule has 0 aliphatic heterocycles. The Morgan fingerprint density at radius 2 is 1.96 bits per heavy atom. The third kappa shape index (κ3) is 4.19. The van der Waals surface area contributed by atoms with Gasteiger partial charge in [-0.2, -0.15) is 10.2 Å². The Morgan fingerprint density at radius 1 is 1.15 bits per heavy atom. The molecule has 2 amide bonds. The van der Waals surface area contributed by atoms with E-state index >= 15 is 0 Å². The molecule has 0 spiro atoms. The van der Waals surface area contributed by atoms with Crippen LogP contribution in [0.25, 0.3) is 0 Å². The van der Waals surface area contributed by atoms with Crippen molar-refractivity contribution in [2.45, 2.75) is 38.9 Å². The van der Waals surface area contributed by atoms with Crippen LogP contribution in [0.4, 0.5) is 10.6 Å². The number of aromatic nitrogens is 4. The molecule has 2 heterocycles. The van der Waals surface area contributed by atoms with Crippen molar-refractivity contribution >= 4 is 11.8 Å². The van der Waals surface area contributed by atoms with E-state index in [4.69, 9.17) is 0 Å². The van der Waals surface area contributed by atoms with Crippen LogP contribution in [0.15, 0.2) is 55.0 Å².